The molecule has 3 aliphatic rings. The summed E-state index contributed by atoms with van der Waals surface area (Å²) in [7, 11) is 0. The number of amides is 1. The molecule has 2 saturated carbocycles. The van der Waals surface area contributed by atoms with Crippen LogP contribution < -0.4 is 5.32 Å². The highest BCUT2D eigenvalue weighted by molar-refractivity contribution is 5.94. The quantitative estimate of drug-likeness (QED) is 0.877. The molecule has 0 aliphatic heterocycles. The van der Waals surface area contributed by atoms with E-state index in [2.05, 4.69) is 20.4 Å². The van der Waals surface area contributed by atoms with Crippen LogP contribution in [0.15, 0.2) is 18.6 Å². The van der Waals surface area contributed by atoms with Gasteiger partial charge in [0.05, 0.1) is 24.0 Å². The third-order valence-corrected chi connectivity index (χ3v) is 5.54. The lowest BCUT2D eigenvalue weighted by Gasteiger charge is -2.15. The first kappa shape index (κ1) is 14.1. The lowest BCUT2D eigenvalue weighted by atomic mass is 10.1. The number of nitrogens with zero attached hydrogens (tertiary/aromatic N) is 4. The Kier molecular flexibility index (Phi) is 3.00. The zero-order valence-corrected chi connectivity index (χ0v) is 13.2. The normalized spacial score (nSPS) is 30.0. The van der Waals surface area contributed by atoms with E-state index in [4.69, 9.17) is 0 Å². The molecule has 24 heavy (non-hydrogen) atoms. The molecule has 1 amide bonds. The molecular formula is C17H19N5O2. The topological polar surface area (TPSA) is 92.9 Å². The van der Waals surface area contributed by atoms with Crippen molar-refractivity contribution in [1.29, 1.82) is 0 Å². The molecule has 5 rings (SSSR count). The Hall–Kier alpha value is -2.28. The van der Waals surface area contributed by atoms with Crippen LogP contribution in [0, 0.1) is 5.92 Å². The summed E-state index contributed by atoms with van der Waals surface area (Å²) >= 11 is 0. The molecule has 4 atom stereocenters. The van der Waals surface area contributed by atoms with Gasteiger partial charge in [0.1, 0.15) is 0 Å². The standard InChI is InChI=1S/C17H19N5O2/c23-13-3-1-2-12(13)20-17(24)15-11-7-9-6-10(9)16(11)22(21-15)14-8-18-4-5-19-14/h4-5,8-10,12-13,23H,1-3,6-7H2,(H,20,24)/t9-,10-,12+,13-/m1/s1. The van der Waals surface area contributed by atoms with E-state index in [9.17, 15) is 9.90 Å². The molecule has 0 saturated heterocycles. The van der Waals surface area contributed by atoms with Gasteiger partial charge in [0.2, 0.25) is 0 Å². The summed E-state index contributed by atoms with van der Waals surface area (Å²) in [5.74, 6) is 1.61. The first-order valence-corrected chi connectivity index (χ1v) is 8.59. The minimum absolute atomic E-state index is 0.161. The SMILES string of the molecule is O=C(N[C@H]1CCC[C@H]1O)c1nn(-c2cnccn2)c2c1C[C@H]1C[C@@H]21. The second-order valence-corrected chi connectivity index (χ2v) is 7.07. The van der Waals surface area contributed by atoms with Crippen LogP contribution in [0.4, 0.5) is 0 Å². The van der Waals surface area contributed by atoms with Crippen LogP contribution in [0.3, 0.4) is 0 Å². The molecule has 2 aromatic rings. The number of carbonyl (C=O) groups excluding carboxylic acids is 1. The smallest absolute Gasteiger partial charge is 0.272 e. The molecule has 124 valence electrons. The molecule has 7 heteroatoms. The summed E-state index contributed by atoms with van der Waals surface area (Å²) in [6.07, 6.45) is 9.09. The number of aliphatic hydroxyl groups excluding tert-OH is 1. The van der Waals surface area contributed by atoms with Gasteiger partial charge in [-0.2, -0.15) is 5.10 Å². The molecule has 0 bridgehead atoms. The van der Waals surface area contributed by atoms with Crippen LogP contribution in [0.1, 0.15) is 53.3 Å². The van der Waals surface area contributed by atoms with E-state index in [1.807, 2.05) is 0 Å². The summed E-state index contributed by atoms with van der Waals surface area (Å²) in [5.41, 5.74) is 2.66. The van der Waals surface area contributed by atoms with E-state index in [1.54, 1.807) is 23.3 Å². The Labute approximate surface area is 139 Å². The van der Waals surface area contributed by atoms with Crippen molar-refractivity contribution in [3.63, 3.8) is 0 Å². The fraction of sp³-hybridized carbons (Fsp3) is 0.529. The van der Waals surface area contributed by atoms with Gasteiger partial charge in [-0.15, -0.1) is 0 Å². The van der Waals surface area contributed by atoms with Crippen LogP contribution in [0.5, 0.6) is 0 Å². The van der Waals surface area contributed by atoms with Crippen LogP contribution in [0.2, 0.25) is 0 Å². The van der Waals surface area contributed by atoms with E-state index in [0.29, 0.717) is 23.3 Å². The third-order valence-electron chi connectivity index (χ3n) is 5.54. The molecule has 2 aromatic heterocycles. The Bertz CT molecular complexity index is 803. The highest BCUT2D eigenvalue weighted by Gasteiger charge is 2.50. The molecular weight excluding hydrogens is 306 g/mol. The maximum atomic E-state index is 12.7. The first-order valence-electron chi connectivity index (χ1n) is 8.59. The molecule has 0 spiro atoms. The molecule has 2 heterocycles. The Balaban J connectivity index is 1.51. The van der Waals surface area contributed by atoms with Crippen LogP contribution in [-0.4, -0.2) is 42.9 Å². The van der Waals surface area contributed by atoms with Crippen molar-refractivity contribution in [2.45, 2.75) is 50.2 Å². The monoisotopic (exact) mass is 325 g/mol. The summed E-state index contributed by atoms with van der Waals surface area (Å²) < 4.78 is 1.79. The third kappa shape index (κ3) is 2.07. The average Bonchev–Trinajstić information content (AvgIpc) is 2.93. The van der Waals surface area contributed by atoms with Gasteiger partial charge in [0, 0.05) is 23.9 Å². The highest BCUT2D eigenvalue weighted by atomic mass is 16.3. The predicted molar refractivity (Wildman–Crippen MR) is 84.8 cm³/mol. The summed E-state index contributed by atoms with van der Waals surface area (Å²) in [6, 6.07) is -0.161. The maximum absolute atomic E-state index is 12.7. The number of fused-ring (bicyclic) bond motifs is 3. The highest BCUT2D eigenvalue weighted by Crippen LogP contribution is 2.57. The largest absolute Gasteiger partial charge is 0.391 e. The van der Waals surface area contributed by atoms with Crippen molar-refractivity contribution in [3.8, 4) is 5.82 Å². The summed E-state index contributed by atoms with van der Waals surface area (Å²) in [4.78, 5) is 21.2. The van der Waals surface area contributed by atoms with E-state index in [1.165, 1.54) is 6.42 Å². The first-order chi connectivity index (χ1) is 11.7. The summed E-state index contributed by atoms with van der Waals surface area (Å²) in [5, 5.41) is 17.5. The van der Waals surface area contributed by atoms with Crippen molar-refractivity contribution in [3.05, 3.63) is 35.5 Å². The molecule has 0 radical (unpaired) electrons. The van der Waals surface area contributed by atoms with Crippen LogP contribution >= 0.6 is 0 Å². The Morgan fingerprint density at radius 3 is 3.00 bits per heavy atom. The van der Waals surface area contributed by atoms with E-state index < -0.39 is 6.10 Å². The van der Waals surface area contributed by atoms with Crippen molar-refractivity contribution >= 4 is 5.91 Å². The predicted octanol–water partition coefficient (Wildman–Crippen LogP) is 0.965. The Morgan fingerprint density at radius 2 is 2.25 bits per heavy atom. The zero-order chi connectivity index (χ0) is 16.3. The van der Waals surface area contributed by atoms with Crippen molar-refractivity contribution < 1.29 is 9.90 Å². The number of carbonyl (C=O) groups is 1. The minimum Gasteiger partial charge on any atom is -0.391 e. The van der Waals surface area contributed by atoms with Gasteiger partial charge in [0.15, 0.2) is 11.5 Å². The number of hydrogen-bond acceptors (Lipinski definition) is 5. The van der Waals surface area contributed by atoms with Crippen molar-refractivity contribution in [2.24, 2.45) is 5.92 Å². The minimum atomic E-state index is -0.447. The fourth-order valence-electron chi connectivity index (χ4n) is 4.22. The van der Waals surface area contributed by atoms with E-state index in [-0.39, 0.29) is 11.9 Å². The van der Waals surface area contributed by atoms with Gasteiger partial charge in [-0.1, -0.05) is 0 Å². The fourth-order valence-corrected chi connectivity index (χ4v) is 4.22. The second kappa shape index (κ2) is 5.11. The van der Waals surface area contributed by atoms with Gasteiger partial charge in [-0.3, -0.25) is 9.78 Å². The molecule has 3 aliphatic carbocycles. The maximum Gasteiger partial charge on any atom is 0.272 e. The number of nitrogens with one attached hydrogen (secondary N) is 1. The number of aliphatic hydroxyl groups is 1. The molecule has 0 unspecified atom stereocenters. The van der Waals surface area contributed by atoms with Crippen molar-refractivity contribution in [1.82, 2.24) is 25.1 Å². The van der Waals surface area contributed by atoms with E-state index in [0.717, 1.165) is 36.9 Å². The molecule has 2 N–H and O–H groups in total. The zero-order valence-electron chi connectivity index (χ0n) is 13.2. The molecule has 7 nitrogen and oxygen atoms in total. The summed E-state index contributed by atoms with van der Waals surface area (Å²) in [6.45, 7) is 0. The lowest BCUT2D eigenvalue weighted by molar-refractivity contribution is 0.0867. The lowest BCUT2D eigenvalue weighted by Crippen LogP contribution is -2.40. The number of hydrogen-bond donors (Lipinski definition) is 2. The van der Waals surface area contributed by atoms with Crippen LogP contribution in [-0.2, 0) is 6.42 Å². The number of rotatable bonds is 3. The average molecular weight is 325 g/mol. The second-order valence-electron chi connectivity index (χ2n) is 7.07. The van der Waals surface area contributed by atoms with Gasteiger partial charge in [-0.05, 0) is 38.0 Å². The number of aromatic nitrogens is 4. The van der Waals surface area contributed by atoms with Crippen LogP contribution in [0.25, 0.3) is 5.82 Å². The Morgan fingerprint density at radius 1 is 1.33 bits per heavy atom. The molecule has 2 fully saturated rings. The van der Waals surface area contributed by atoms with Gasteiger partial charge in [-0.25, -0.2) is 9.67 Å². The van der Waals surface area contributed by atoms with Gasteiger partial charge >= 0.3 is 0 Å². The van der Waals surface area contributed by atoms with E-state index >= 15 is 0 Å². The van der Waals surface area contributed by atoms with Gasteiger partial charge < -0.3 is 10.4 Å². The van der Waals surface area contributed by atoms with Crippen molar-refractivity contribution in [2.75, 3.05) is 0 Å². The molecule has 0 aromatic carbocycles. The van der Waals surface area contributed by atoms with Gasteiger partial charge in [0.25, 0.3) is 5.91 Å².